The van der Waals surface area contributed by atoms with Gasteiger partial charge >= 0.3 is 0 Å². The molecule has 3 amide bonds. The number of carbonyl (C=O) groups excluding carboxylic acids is 3. The molecule has 0 aromatic heterocycles. The van der Waals surface area contributed by atoms with Gasteiger partial charge in [-0.2, -0.15) is 0 Å². The van der Waals surface area contributed by atoms with Gasteiger partial charge in [0.25, 0.3) is 11.8 Å². The molecule has 2 rings (SSSR count). The predicted octanol–water partition coefficient (Wildman–Crippen LogP) is -0.137. The van der Waals surface area contributed by atoms with Crippen LogP contribution in [-0.4, -0.2) is 43.4 Å². The first-order chi connectivity index (χ1) is 10.5. The molecule has 22 heavy (non-hydrogen) atoms. The summed E-state index contributed by atoms with van der Waals surface area (Å²) in [5, 5.41) is 3.83. The Morgan fingerprint density at radius 1 is 1.36 bits per heavy atom. The summed E-state index contributed by atoms with van der Waals surface area (Å²) in [6.45, 7) is 0.414. The first-order valence-corrected chi connectivity index (χ1v) is 6.99. The number of hydrazine groups is 1. The molecule has 2 N–H and O–H groups in total. The van der Waals surface area contributed by atoms with Gasteiger partial charge in [0.2, 0.25) is 5.91 Å². The largest absolute Gasteiger partial charge is 0.496 e. The summed E-state index contributed by atoms with van der Waals surface area (Å²) in [5.74, 6) is -1.31. The fourth-order valence-corrected chi connectivity index (χ4v) is 2.33. The third-order valence-corrected chi connectivity index (χ3v) is 3.52. The van der Waals surface area contributed by atoms with Crippen LogP contribution in [0.25, 0.3) is 0 Å². The summed E-state index contributed by atoms with van der Waals surface area (Å²) < 4.78 is 5.23. The number of nitrogens with zero attached hydrogens (tertiary/aromatic N) is 1. The lowest BCUT2D eigenvalue weighted by molar-refractivity contribution is -0.135. The Balaban J connectivity index is 1.81. The fraction of sp³-hybridized carbons (Fsp3) is 0.400. The van der Waals surface area contributed by atoms with Gasteiger partial charge in [-0.15, -0.1) is 0 Å². The maximum atomic E-state index is 11.8. The zero-order chi connectivity index (χ0) is 16.1. The van der Waals surface area contributed by atoms with Gasteiger partial charge in [0.1, 0.15) is 11.7 Å². The average Bonchev–Trinajstić information content (AvgIpc) is 2.74. The van der Waals surface area contributed by atoms with Crippen molar-refractivity contribution in [2.75, 3.05) is 20.7 Å². The number of carbonyl (C=O) groups is 3. The van der Waals surface area contributed by atoms with Crippen LogP contribution in [-0.2, 0) is 20.8 Å². The van der Waals surface area contributed by atoms with Gasteiger partial charge in [0.15, 0.2) is 0 Å². The van der Waals surface area contributed by atoms with Gasteiger partial charge in [-0.1, -0.05) is 18.2 Å². The van der Waals surface area contributed by atoms with Crippen LogP contribution in [0.2, 0.25) is 0 Å². The highest BCUT2D eigenvalue weighted by molar-refractivity contribution is 6.07. The van der Waals surface area contributed by atoms with Crippen molar-refractivity contribution in [1.29, 1.82) is 0 Å². The SMILES string of the molecule is COc1ccccc1CCNC(=O)CC1C(=O)NN(C)C1=O. The van der Waals surface area contributed by atoms with Gasteiger partial charge in [0, 0.05) is 20.0 Å². The first kappa shape index (κ1) is 15.8. The van der Waals surface area contributed by atoms with Crippen LogP contribution >= 0.6 is 0 Å². The van der Waals surface area contributed by atoms with E-state index in [9.17, 15) is 14.4 Å². The van der Waals surface area contributed by atoms with E-state index in [-0.39, 0.29) is 18.2 Å². The molecule has 1 fully saturated rings. The Morgan fingerprint density at radius 2 is 2.09 bits per heavy atom. The second-order valence-corrected chi connectivity index (χ2v) is 5.04. The molecule has 118 valence electrons. The van der Waals surface area contributed by atoms with E-state index in [2.05, 4.69) is 10.7 Å². The molecule has 7 heteroatoms. The summed E-state index contributed by atoms with van der Waals surface area (Å²) in [6, 6.07) is 7.56. The molecule has 1 aromatic rings. The third-order valence-electron chi connectivity index (χ3n) is 3.52. The number of hydrogen-bond acceptors (Lipinski definition) is 4. The Bertz CT molecular complexity index is 588. The average molecular weight is 305 g/mol. The third kappa shape index (κ3) is 3.55. The lowest BCUT2D eigenvalue weighted by atomic mass is 10.0. The van der Waals surface area contributed by atoms with E-state index >= 15 is 0 Å². The summed E-state index contributed by atoms with van der Waals surface area (Å²) in [4.78, 5) is 35.1. The zero-order valence-electron chi connectivity index (χ0n) is 12.6. The normalized spacial score (nSPS) is 17.4. The molecule has 7 nitrogen and oxygen atoms in total. The minimum Gasteiger partial charge on any atom is -0.496 e. The van der Waals surface area contributed by atoms with E-state index < -0.39 is 11.8 Å². The van der Waals surface area contributed by atoms with E-state index in [1.165, 1.54) is 7.05 Å². The minimum atomic E-state index is -0.934. The molecule has 1 heterocycles. The zero-order valence-corrected chi connectivity index (χ0v) is 12.6. The highest BCUT2D eigenvalue weighted by Gasteiger charge is 2.38. The van der Waals surface area contributed by atoms with Crippen LogP contribution in [0.1, 0.15) is 12.0 Å². The molecule has 1 atom stereocenters. The number of rotatable bonds is 6. The van der Waals surface area contributed by atoms with E-state index in [0.717, 1.165) is 16.3 Å². The van der Waals surface area contributed by atoms with Crippen molar-refractivity contribution in [1.82, 2.24) is 15.8 Å². The van der Waals surface area contributed by atoms with Crippen molar-refractivity contribution >= 4 is 17.7 Å². The molecule has 0 radical (unpaired) electrons. The van der Waals surface area contributed by atoms with Crippen molar-refractivity contribution in [3.8, 4) is 5.75 Å². The number of para-hydroxylation sites is 1. The summed E-state index contributed by atoms with van der Waals surface area (Å²) in [5.41, 5.74) is 3.35. The number of nitrogens with one attached hydrogen (secondary N) is 2. The minimum absolute atomic E-state index is 0.138. The highest BCUT2D eigenvalue weighted by atomic mass is 16.5. The molecule has 1 saturated heterocycles. The van der Waals surface area contributed by atoms with Gasteiger partial charge in [-0.05, 0) is 18.1 Å². The lowest BCUT2D eigenvalue weighted by Crippen LogP contribution is -2.31. The number of ether oxygens (including phenoxy) is 1. The second kappa shape index (κ2) is 6.93. The van der Waals surface area contributed by atoms with Gasteiger partial charge in [0.05, 0.1) is 7.11 Å². The standard InChI is InChI=1S/C15H19N3O4/c1-18-15(21)11(14(20)17-18)9-13(19)16-8-7-10-5-3-4-6-12(10)22-2/h3-6,11H,7-9H2,1-2H3,(H,16,19)(H,17,20). The Morgan fingerprint density at radius 3 is 2.73 bits per heavy atom. The van der Waals surface area contributed by atoms with Crippen LogP contribution < -0.4 is 15.5 Å². The molecular weight excluding hydrogens is 286 g/mol. The monoisotopic (exact) mass is 305 g/mol. The second-order valence-electron chi connectivity index (χ2n) is 5.04. The number of amides is 3. The fourth-order valence-electron chi connectivity index (χ4n) is 2.33. The van der Waals surface area contributed by atoms with E-state index in [4.69, 9.17) is 4.74 Å². The van der Waals surface area contributed by atoms with Crippen LogP contribution in [0.4, 0.5) is 0 Å². The summed E-state index contributed by atoms with van der Waals surface area (Å²) >= 11 is 0. The highest BCUT2D eigenvalue weighted by Crippen LogP contribution is 2.17. The van der Waals surface area contributed by atoms with Gasteiger partial charge < -0.3 is 10.1 Å². The maximum absolute atomic E-state index is 11.8. The molecule has 0 bridgehead atoms. The molecule has 0 saturated carbocycles. The van der Waals surface area contributed by atoms with Crippen molar-refractivity contribution in [3.63, 3.8) is 0 Å². The molecule has 0 spiro atoms. The van der Waals surface area contributed by atoms with Crippen molar-refractivity contribution in [2.24, 2.45) is 5.92 Å². The van der Waals surface area contributed by atoms with Crippen LogP contribution in [0.5, 0.6) is 5.75 Å². The van der Waals surface area contributed by atoms with E-state index in [1.807, 2.05) is 24.3 Å². The summed E-state index contributed by atoms with van der Waals surface area (Å²) in [7, 11) is 3.05. The maximum Gasteiger partial charge on any atom is 0.253 e. The summed E-state index contributed by atoms with van der Waals surface area (Å²) in [6.07, 6.45) is 0.474. The van der Waals surface area contributed by atoms with Crippen molar-refractivity contribution in [2.45, 2.75) is 12.8 Å². The number of methoxy groups -OCH3 is 1. The predicted molar refractivity (Wildman–Crippen MR) is 78.7 cm³/mol. The van der Waals surface area contributed by atoms with Crippen LogP contribution in [0.15, 0.2) is 24.3 Å². The molecule has 0 aliphatic carbocycles. The first-order valence-electron chi connectivity index (χ1n) is 6.99. The van der Waals surface area contributed by atoms with E-state index in [0.29, 0.717) is 13.0 Å². The number of hydrogen-bond donors (Lipinski definition) is 2. The molecule has 1 aromatic carbocycles. The quantitative estimate of drug-likeness (QED) is 0.716. The lowest BCUT2D eigenvalue weighted by Gasteiger charge is -2.10. The van der Waals surface area contributed by atoms with Crippen LogP contribution in [0, 0.1) is 5.92 Å². The smallest absolute Gasteiger partial charge is 0.253 e. The van der Waals surface area contributed by atoms with Gasteiger partial charge in [-0.25, -0.2) is 0 Å². The van der Waals surface area contributed by atoms with Crippen molar-refractivity contribution in [3.05, 3.63) is 29.8 Å². The molecule has 1 aliphatic heterocycles. The van der Waals surface area contributed by atoms with E-state index in [1.54, 1.807) is 7.11 Å². The van der Waals surface area contributed by atoms with Crippen LogP contribution in [0.3, 0.4) is 0 Å². The van der Waals surface area contributed by atoms with Gasteiger partial charge in [-0.3, -0.25) is 24.8 Å². The van der Waals surface area contributed by atoms with Crippen molar-refractivity contribution < 1.29 is 19.1 Å². The topological polar surface area (TPSA) is 87.7 Å². The Hall–Kier alpha value is -2.57. The molecular formula is C15H19N3O4. The molecule has 1 aliphatic rings. The molecule has 1 unspecified atom stereocenters. The Labute approximate surface area is 128 Å². The Kier molecular flexibility index (Phi) is 4.98. The number of benzene rings is 1.